The van der Waals surface area contributed by atoms with Crippen molar-refractivity contribution in [1.82, 2.24) is 4.90 Å². The van der Waals surface area contributed by atoms with Gasteiger partial charge in [0.1, 0.15) is 5.60 Å². The first-order chi connectivity index (χ1) is 8.76. The van der Waals surface area contributed by atoms with E-state index in [1.807, 2.05) is 13.8 Å². The van der Waals surface area contributed by atoms with Crippen molar-refractivity contribution in [2.45, 2.75) is 65.1 Å². The van der Waals surface area contributed by atoms with Gasteiger partial charge in [-0.25, -0.2) is 0 Å². The van der Waals surface area contributed by atoms with Gasteiger partial charge in [-0.1, -0.05) is 13.3 Å². The summed E-state index contributed by atoms with van der Waals surface area (Å²) in [6.07, 6.45) is 3.85. The number of hydrogen-bond acceptors (Lipinski definition) is 3. The number of ether oxygens (including phenoxy) is 1. The maximum absolute atomic E-state index is 12.5. The van der Waals surface area contributed by atoms with Crippen LogP contribution in [0.2, 0.25) is 0 Å². The van der Waals surface area contributed by atoms with Crippen LogP contribution in [-0.4, -0.2) is 41.5 Å². The topological polar surface area (TPSA) is 29.5 Å². The molecule has 2 fully saturated rings. The van der Waals surface area contributed by atoms with E-state index < -0.39 is 5.60 Å². The van der Waals surface area contributed by atoms with Crippen molar-refractivity contribution in [1.29, 1.82) is 0 Å². The summed E-state index contributed by atoms with van der Waals surface area (Å²) in [4.78, 5) is 14.9. The van der Waals surface area contributed by atoms with Gasteiger partial charge in [-0.2, -0.15) is 0 Å². The summed E-state index contributed by atoms with van der Waals surface area (Å²) < 4.78 is 5.97. The standard InChI is InChI=1S/C16H29NO2/c1-6-12-7-9-17(10-8-12)11-13-14(18)16(4,5)19-15(13,2)3/h12-13H,6-11H2,1-5H3. The van der Waals surface area contributed by atoms with Crippen LogP contribution in [0.25, 0.3) is 0 Å². The average molecular weight is 267 g/mol. The molecule has 0 aromatic carbocycles. The summed E-state index contributed by atoms with van der Waals surface area (Å²) in [6.45, 7) is 13.3. The molecular formula is C16H29NO2. The fourth-order valence-corrected chi connectivity index (χ4v) is 3.65. The number of likely N-dealkylation sites (tertiary alicyclic amines) is 1. The Balaban J connectivity index is 1.97. The van der Waals surface area contributed by atoms with Crippen molar-refractivity contribution in [2.24, 2.45) is 11.8 Å². The Morgan fingerprint density at radius 3 is 2.21 bits per heavy atom. The fourth-order valence-electron chi connectivity index (χ4n) is 3.65. The van der Waals surface area contributed by atoms with Crippen LogP contribution in [0.4, 0.5) is 0 Å². The molecule has 0 aromatic rings. The largest absolute Gasteiger partial charge is 0.361 e. The van der Waals surface area contributed by atoms with Crippen LogP contribution in [-0.2, 0) is 9.53 Å². The van der Waals surface area contributed by atoms with Crippen molar-refractivity contribution < 1.29 is 9.53 Å². The zero-order chi connectivity index (χ0) is 14.3. The maximum atomic E-state index is 12.5. The molecular weight excluding hydrogens is 238 g/mol. The maximum Gasteiger partial charge on any atom is 0.171 e. The first-order valence-electron chi connectivity index (χ1n) is 7.73. The number of piperidine rings is 1. The van der Waals surface area contributed by atoms with E-state index >= 15 is 0 Å². The predicted molar refractivity (Wildman–Crippen MR) is 77.2 cm³/mol. The summed E-state index contributed by atoms with van der Waals surface area (Å²) >= 11 is 0. The minimum Gasteiger partial charge on any atom is -0.361 e. The van der Waals surface area contributed by atoms with E-state index in [0.717, 1.165) is 25.6 Å². The van der Waals surface area contributed by atoms with E-state index in [9.17, 15) is 4.79 Å². The van der Waals surface area contributed by atoms with E-state index in [2.05, 4.69) is 25.7 Å². The Labute approximate surface area is 117 Å². The van der Waals surface area contributed by atoms with E-state index in [0.29, 0.717) is 0 Å². The molecule has 110 valence electrons. The minimum atomic E-state index is -0.615. The Kier molecular flexibility index (Phi) is 4.08. The van der Waals surface area contributed by atoms with Gasteiger partial charge in [-0.15, -0.1) is 0 Å². The second-order valence-electron chi connectivity index (χ2n) is 7.28. The molecule has 2 saturated heterocycles. The second-order valence-corrected chi connectivity index (χ2v) is 7.28. The lowest BCUT2D eigenvalue weighted by Crippen LogP contribution is -2.44. The van der Waals surface area contributed by atoms with Crippen molar-refractivity contribution in [2.75, 3.05) is 19.6 Å². The van der Waals surface area contributed by atoms with Crippen LogP contribution >= 0.6 is 0 Å². The normalized spacial score (nSPS) is 31.8. The smallest absolute Gasteiger partial charge is 0.171 e. The highest BCUT2D eigenvalue weighted by Gasteiger charge is 2.53. The monoisotopic (exact) mass is 267 g/mol. The van der Waals surface area contributed by atoms with Crippen LogP contribution in [0.5, 0.6) is 0 Å². The van der Waals surface area contributed by atoms with Gasteiger partial charge in [0, 0.05) is 6.54 Å². The quantitative estimate of drug-likeness (QED) is 0.787. The van der Waals surface area contributed by atoms with Crippen molar-refractivity contribution in [3.8, 4) is 0 Å². The molecule has 0 spiro atoms. The third-order valence-electron chi connectivity index (χ3n) is 4.99. The van der Waals surface area contributed by atoms with Gasteiger partial charge in [0.2, 0.25) is 0 Å². The molecule has 1 unspecified atom stereocenters. The van der Waals surface area contributed by atoms with E-state index in [4.69, 9.17) is 4.74 Å². The highest BCUT2D eigenvalue weighted by Crippen LogP contribution is 2.39. The Hall–Kier alpha value is -0.410. The summed E-state index contributed by atoms with van der Waals surface area (Å²) in [5.41, 5.74) is -0.946. The van der Waals surface area contributed by atoms with E-state index in [-0.39, 0.29) is 17.3 Å². The SMILES string of the molecule is CCC1CCN(CC2C(=O)C(C)(C)OC2(C)C)CC1. The molecule has 0 bridgehead atoms. The molecule has 0 amide bonds. The minimum absolute atomic E-state index is 0.0145. The van der Waals surface area contributed by atoms with Gasteiger partial charge in [0.25, 0.3) is 0 Å². The predicted octanol–water partition coefficient (Wildman–Crippen LogP) is 2.88. The summed E-state index contributed by atoms with van der Waals surface area (Å²) in [5, 5.41) is 0. The van der Waals surface area contributed by atoms with Gasteiger partial charge in [-0.3, -0.25) is 4.79 Å². The van der Waals surface area contributed by atoms with Gasteiger partial charge in [0.15, 0.2) is 5.78 Å². The molecule has 19 heavy (non-hydrogen) atoms. The Morgan fingerprint density at radius 2 is 1.79 bits per heavy atom. The number of nitrogens with zero attached hydrogens (tertiary/aromatic N) is 1. The van der Waals surface area contributed by atoms with Gasteiger partial charge in [-0.05, 0) is 59.5 Å². The summed E-state index contributed by atoms with van der Waals surface area (Å²) in [5.74, 6) is 1.17. The van der Waals surface area contributed by atoms with E-state index in [1.54, 1.807) is 0 Å². The van der Waals surface area contributed by atoms with Crippen molar-refractivity contribution in [3.63, 3.8) is 0 Å². The number of carbonyl (C=O) groups is 1. The van der Waals surface area contributed by atoms with Crippen LogP contribution in [0, 0.1) is 11.8 Å². The van der Waals surface area contributed by atoms with Gasteiger partial charge < -0.3 is 9.64 Å². The molecule has 3 nitrogen and oxygen atoms in total. The number of Topliss-reactive ketones (excluding diaryl/α,β-unsaturated/α-hetero) is 1. The summed E-state index contributed by atoms with van der Waals surface area (Å²) in [6, 6.07) is 0. The van der Waals surface area contributed by atoms with Crippen molar-refractivity contribution >= 4 is 5.78 Å². The third kappa shape index (κ3) is 3.03. The van der Waals surface area contributed by atoms with E-state index in [1.165, 1.54) is 19.3 Å². The van der Waals surface area contributed by atoms with Crippen LogP contribution in [0.1, 0.15) is 53.9 Å². The molecule has 2 aliphatic heterocycles. The zero-order valence-corrected chi connectivity index (χ0v) is 13.2. The van der Waals surface area contributed by atoms with Crippen LogP contribution in [0.3, 0.4) is 0 Å². The molecule has 0 N–H and O–H groups in total. The molecule has 0 aliphatic carbocycles. The molecule has 2 rings (SSSR count). The Bertz CT molecular complexity index is 341. The van der Waals surface area contributed by atoms with Crippen LogP contribution < -0.4 is 0 Å². The molecule has 0 aromatic heterocycles. The molecule has 0 radical (unpaired) electrons. The zero-order valence-electron chi connectivity index (χ0n) is 13.2. The lowest BCUT2D eigenvalue weighted by Gasteiger charge is -2.35. The Morgan fingerprint density at radius 1 is 1.21 bits per heavy atom. The third-order valence-corrected chi connectivity index (χ3v) is 4.99. The van der Waals surface area contributed by atoms with Gasteiger partial charge in [0.05, 0.1) is 11.5 Å². The lowest BCUT2D eigenvalue weighted by atomic mass is 9.84. The number of carbonyl (C=O) groups excluding carboxylic acids is 1. The lowest BCUT2D eigenvalue weighted by molar-refractivity contribution is -0.132. The number of ketones is 1. The molecule has 3 heteroatoms. The van der Waals surface area contributed by atoms with Crippen LogP contribution in [0.15, 0.2) is 0 Å². The molecule has 2 heterocycles. The number of hydrogen-bond donors (Lipinski definition) is 0. The molecule has 2 aliphatic rings. The first-order valence-corrected chi connectivity index (χ1v) is 7.73. The van der Waals surface area contributed by atoms with Gasteiger partial charge >= 0.3 is 0 Å². The summed E-state index contributed by atoms with van der Waals surface area (Å²) in [7, 11) is 0. The first kappa shape index (κ1) is 15.0. The average Bonchev–Trinajstić information content (AvgIpc) is 2.48. The second kappa shape index (κ2) is 5.17. The highest BCUT2D eigenvalue weighted by molar-refractivity contribution is 5.91. The molecule has 1 atom stereocenters. The molecule has 0 saturated carbocycles. The fraction of sp³-hybridized carbons (Fsp3) is 0.938. The number of rotatable bonds is 3. The van der Waals surface area contributed by atoms with Crippen molar-refractivity contribution in [3.05, 3.63) is 0 Å². The highest BCUT2D eigenvalue weighted by atomic mass is 16.5.